The predicted molar refractivity (Wildman–Crippen MR) is 117 cm³/mol. The standard InChI is InChI=1S/C25H27N3O2/c1-15(18-7-6-16-4-2-3-5-19(16)12-18)27-25(30)20-13-22(29)23-21(26)9-8-17-10-11-28(14-20)24(17)23/h2-7,10-12,15,20-21,23H,8-9,13-14,26H2,1H3,(H,27,30). The highest BCUT2D eigenvalue weighted by atomic mass is 16.2. The lowest BCUT2D eigenvalue weighted by Crippen LogP contribution is -2.38. The zero-order valence-corrected chi connectivity index (χ0v) is 17.2. The van der Waals surface area contributed by atoms with Gasteiger partial charge in [0.15, 0.2) is 0 Å². The topological polar surface area (TPSA) is 77.1 Å². The third kappa shape index (κ3) is 3.23. The van der Waals surface area contributed by atoms with Gasteiger partial charge in [0, 0.05) is 30.9 Å². The Bertz CT molecular complexity index is 1130. The summed E-state index contributed by atoms with van der Waals surface area (Å²) in [5, 5.41) is 5.47. The SMILES string of the molecule is CC(NC(=O)C1CC(=O)C2c3c(ccn3C1)CCC2N)c1ccc2ccccc2c1. The van der Waals surface area contributed by atoms with Crippen LogP contribution in [-0.2, 0) is 22.6 Å². The first-order valence-electron chi connectivity index (χ1n) is 10.8. The second-order valence-corrected chi connectivity index (χ2v) is 8.76. The van der Waals surface area contributed by atoms with Gasteiger partial charge < -0.3 is 15.6 Å². The summed E-state index contributed by atoms with van der Waals surface area (Å²) in [5.74, 6) is -0.632. The number of fused-ring (bicyclic) bond motifs is 1. The van der Waals surface area contributed by atoms with Gasteiger partial charge in [-0.3, -0.25) is 9.59 Å². The van der Waals surface area contributed by atoms with Crippen LogP contribution in [0.1, 0.15) is 48.5 Å². The number of ketones is 1. The molecule has 4 unspecified atom stereocenters. The Hall–Kier alpha value is -2.92. The van der Waals surface area contributed by atoms with E-state index in [4.69, 9.17) is 5.73 Å². The molecule has 3 N–H and O–H groups in total. The first-order valence-corrected chi connectivity index (χ1v) is 10.8. The van der Waals surface area contributed by atoms with Gasteiger partial charge in [-0.15, -0.1) is 0 Å². The van der Waals surface area contributed by atoms with Crippen molar-refractivity contribution >= 4 is 22.5 Å². The third-order valence-electron chi connectivity index (χ3n) is 6.78. The van der Waals surface area contributed by atoms with Crippen LogP contribution >= 0.6 is 0 Å². The van der Waals surface area contributed by atoms with E-state index in [1.807, 2.05) is 25.3 Å². The zero-order valence-electron chi connectivity index (χ0n) is 17.2. The van der Waals surface area contributed by atoms with Crippen molar-refractivity contribution in [2.75, 3.05) is 0 Å². The molecule has 3 aromatic rings. The van der Waals surface area contributed by atoms with Crippen LogP contribution in [0.2, 0.25) is 0 Å². The van der Waals surface area contributed by atoms with Gasteiger partial charge in [0.05, 0.1) is 17.9 Å². The van der Waals surface area contributed by atoms with Crippen molar-refractivity contribution in [2.24, 2.45) is 11.7 Å². The van der Waals surface area contributed by atoms with Gasteiger partial charge in [-0.05, 0) is 53.8 Å². The van der Waals surface area contributed by atoms with Gasteiger partial charge >= 0.3 is 0 Å². The maximum atomic E-state index is 13.1. The van der Waals surface area contributed by atoms with Gasteiger partial charge in [-0.25, -0.2) is 0 Å². The Morgan fingerprint density at radius 1 is 1.17 bits per heavy atom. The maximum absolute atomic E-state index is 13.1. The number of aromatic nitrogens is 1. The molecule has 1 aliphatic carbocycles. The number of hydrogen-bond acceptors (Lipinski definition) is 3. The minimum absolute atomic E-state index is 0.0707. The molecule has 0 bridgehead atoms. The summed E-state index contributed by atoms with van der Waals surface area (Å²) < 4.78 is 2.09. The van der Waals surface area contributed by atoms with E-state index in [1.165, 1.54) is 10.9 Å². The van der Waals surface area contributed by atoms with Crippen molar-refractivity contribution < 1.29 is 9.59 Å². The van der Waals surface area contributed by atoms with Crippen molar-refractivity contribution in [3.63, 3.8) is 0 Å². The van der Waals surface area contributed by atoms with Crippen LogP contribution in [0.3, 0.4) is 0 Å². The largest absolute Gasteiger partial charge is 0.350 e. The van der Waals surface area contributed by atoms with Crippen LogP contribution in [0.15, 0.2) is 54.7 Å². The van der Waals surface area contributed by atoms with Crippen LogP contribution in [0, 0.1) is 5.92 Å². The number of benzene rings is 2. The lowest BCUT2D eigenvalue weighted by atomic mass is 9.80. The summed E-state index contributed by atoms with van der Waals surface area (Å²) in [7, 11) is 0. The summed E-state index contributed by atoms with van der Waals surface area (Å²) in [4.78, 5) is 26.2. The summed E-state index contributed by atoms with van der Waals surface area (Å²) >= 11 is 0. The quantitative estimate of drug-likeness (QED) is 0.706. The van der Waals surface area contributed by atoms with E-state index < -0.39 is 0 Å². The molecule has 2 heterocycles. The number of nitrogens with one attached hydrogen (secondary N) is 1. The molecule has 5 nitrogen and oxygen atoms in total. The molecule has 1 amide bonds. The van der Waals surface area contributed by atoms with E-state index in [2.05, 4.69) is 46.3 Å². The summed E-state index contributed by atoms with van der Waals surface area (Å²) in [6.45, 7) is 2.52. The summed E-state index contributed by atoms with van der Waals surface area (Å²) in [6.07, 6.45) is 3.99. The van der Waals surface area contributed by atoms with E-state index in [-0.39, 0.29) is 42.0 Å². The number of amides is 1. The molecule has 0 radical (unpaired) electrons. The summed E-state index contributed by atoms with van der Waals surface area (Å²) in [6, 6.07) is 16.2. The molecule has 0 fully saturated rings. The highest BCUT2D eigenvalue weighted by Crippen LogP contribution is 2.37. The highest BCUT2D eigenvalue weighted by Gasteiger charge is 2.40. The van der Waals surface area contributed by atoms with E-state index in [0.717, 1.165) is 29.5 Å². The van der Waals surface area contributed by atoms with Crippen molar-refractivity contribution in [3.8, 4) is 0 Å². The smallest absolute Gasteiger partial charge is 0.225 e. The van der Waals surface area contributed by atoms with Gasteiger partial charge in [0.25, 0.3) is 0 Å². The Morgan fingerprint density at radius 2 is 1.97 bits per heavy atom. The van der Waals surface area contributed by atoms with Gasteiger partial charge in [0.1, 0.15) is 5.78 Å². The fourth-order valence-corrected chi connectivity index (χ4v) is 5.10. The molecule has 5 heteroatoms. The fourth-order valence-electron chi connectivity index (χ4n) is 5.10. The second kappa shape index (κ2) is 7.40. The average Bonchev–Trinajstić information content (AvgIpc) is 3.07. The molecule has 5 rings (SSSR count). The van der Waals surface area contributed by atoms with E-state index in [9.17, 15) is 9.59 Å². The Kier molecular flexibility index (Phi) is 4.70. The molecule has 2 aromatic carbocycles. The van der Waals surface area contributed by atoms with Crippen molar-refractivity contribution in [2.45, 2.75) is 50.7 Å². The van der Waals surface area contributed by atoms with E-state index in [1.54, 1.807) is 0 Å². The highest BCUT2D eigenvalue weighted by molar-refractivity contribution is 5.92. The van der Waals surface area contributed by atoms with Crippen LogP contribution in [-0.4, -0.2) is 22.3 Å². The summed E-state index contributed by atoms with van der Waals surface area (Å²) in [5.41, 5.74) is 9.62. The van der Waals surface area contributed by atoms with E-state index >= 15 is 0 Å². The van der Waals surface area contributed by atoms with Crippen LogP contribution in [0.4, 0.5) is 0 Å². The van der Waals surface area contributed by atoms with E-state index in [0.29, 0.717) is 6.54 Å². The van der Waals surface area contributed by atoms with Gasteiger partial charge in [0.2, 0.25) is 5.91 Å². The first kappa shape index (κ1) is 19.1. The normalized spacial score (nSPS) is 24.2. The predicted octanol–water partition coefficient (Wildman–Crippen LogP) is 3.46. The number of nitrogens with zero attached hydrogens (tertiary/aromatic N) is 1. The molecule has 1 aromatic heterocycles. The van der Waals surface area contributed by atoms with Crippen LogP contribution in [0.25, 0.3) is 10.8 Å². The van der Waals surface area contributed by atoms with Crippen LogP contribution < -0.4 is 11.1 Å². The Balaban J connectivity index is 1.36. The second-order valence-electron chi connectivity index (χ2n) is 8.76. The number of rotatable bonds is 3. The molecule has 0 saturated heterocycles. The molecular weight excluding hydrogens is 374 g/mol. The number of Topliss-reactive ketones (excluding diaryl/α,β-unsaturated/α-hetero) is 1. The monoisotopic (exact) mass is 401 g/mol. The Morgan fingerprint density at radius 3 is 2.80 bits per heavy atom. The van der Waals surface area contributed by atoms with Crippen molar-refractivity contribution in [1.82, 2.24) is 9.88 Å². The third-order valence-corrected chi connectivity index (χ3v) is 6.78. The van der Waals surface area contributed by atoms with Gasteiger partial charge in [-0.1, -0.05) is 36.4 Å². The molecule has 1 aliphatic heterocycles. The molecular formula is C25H27N3O2. The minimum atomic E-state index is -0.380. The lowest BCUT2D eigenvalue weighted by Gasteiger charge is -2.28. The number of nitrogens with two attached hydrogens (primary N) is 1. The molecule has 4 atom stereocenters. The molecule has 154 valence electrons. The maximum Gasteiger partial charge on any atom is 0.225 e. The lowest BCUT2D eigenvalue weighted by molar-refractivity contribution is -0.130. The molecule has 0 saturated carbocycles. The number of aryl methyl sites for hydroxylation is 1. The molecule has 2 aliphatic rings. The van der Waals surface area contributed by atoms with Crippen LogP contribution in [0.5, 0.6) is 0 Å². The number of carbonyl (C=O) groups excluding carboxylic acids is 2. The number of hydrogen-bond donors (Lipinski definition) is 2. The minimum Gasteiger partial charge on any atom is -0.350 e. The van der Waals surface area contributed by atoms with Gasteiger partial charge in [-0.2, -0.15) is 0 Å². The number of carbonyl (C=O) groups is 2. The Labute approximate surface area is 176 Å². The van der Waals surface area contributed by atoms with Crippen molar-refractivity contribution in [1.29, 1.82) is 0 Å². The first-order chi connectivity index (χ1) is 14.5. The van der Waals surface area contributed by atoms with Crippen molar-refractivity contribution in [3.05, 3.63) is 71.5 Å². The molecule has 30 heavy (non-hydrogen) atoms. The zero-order chi connectivity index (χ0) is 20.8. The fraction of sp³-hybridized carbons (Fsp3) is 0.360. The average molecular weight is 402 g/mol. The molecule has 0 spiro atoms.